The molecule has 5 heteroatoms. The summed E-state index contributed by atoms with van der Waals surface area (Å²) in [6, 6.07) is 26.8. The zero-order valence-corrected chi connectivity index (χ0v) is 17.0. The number of aliphatic imine (C=N–C) groups is 1. The van der Waals surface area contributed by atoms with Crippen LogP contribution in [-0.2, 0) is 0 Å². The van der Waals surface area contributed by atoms with Gasteiger partial charge < -0.3 is 4.48 Å². The second kappa shape index (κ2) is 7.84. The van der Waals surface area contributed by atoms with Crippen LogP contribution in [0, 0.1) is 6.92 Å². The fraction of sp³-hybridized carbons (Fsp3) is 0.0385. The molecule has 150 valence electrons. The third-order valence-electron chi connectivity index (χ3n) is 5.51. The maximum Gasteiger partial charge on any atom is 0.678 e. The number of rotatable bonds is 4. The van der Waals surface area contributed by atoms with E-state index < -0.39 is 7.40 Å². The number of fused-ring (bicyclic) bond motifs is 1. The summed E-state index contributed by atoms with van der Waals surface area (Å²) in [7, 11) is -2.67. The average Bonchev–Trinajstić information content (AvgIpc) is 3.41. The Labute approximate surface area is 180 Å². The van der Waals surface area contributed by atoms with Crippen molar-refractivity contribution in [3.05, 3.63) is 125 Å². The topological polar surface area (TPSA) is 17.3 Å². The molecule has 2 nitrogen and oxygen atoms in total. The number of para-hydroxylation sites is 1. The molecule has 1 aliphatic rings. The molecule has 2 heterocycles. The average molecular weight is 408 g/mol. The van der Waals surface area contributed by atoms with E-state index in [9.17, 15) is 8.63 Å². The van der Waals surface area contributed by atoms with Gasteiger partial charge in [0.25, 0.3) is 0 Å². The van der Waals surface area contributed by atoms with Crippen molar-refractivity contribution in [1.29, 1.82) is 0 Å². The largest absolute Gasteiger partial charge is 0.678 e. The maximum atomic E-state index is 14.2. The van der Waals surface area contributed by atoms with Crippen LogP contribution in [0.4, 0.5) is 8.63 Å². The third kappa shape index (κ3) is 3.53. The smallest absolute Gasteiger partial charge is 0.325 e. The second-order valence-electron chi connectivity index (χ2n) is 7.56. The summed E-state index contributed by atoms with van der Waals surface area (Å²) in [6.45, 7) is 2.04. The van der Waals surface area contributed by atoms with Crippen LogP contribution in [0.1, 0.15) is 22.4 Å². The predicted octanol–water partition coefficient (Wildman–Crippen LogP) is 6.54. The van der Waals surface area contributed by atoms with Crippen molar-refractivity contribution in [2.75, 3.05) is 0 Å². The Bertz CT molecular complexity index is 1350. The number of benzene rings is 3. The van der Waals surface area contributed by atoms with Gasteiger partial charge >= 0.3 is 7.40 Å². The molecule has 1 aliphatic heterocycles. The minimum atomic E-state index is -2.67. The van der Waals surface area contributed by atoms with Crippen LogP contribution < -0.4 is 0 Å². The number of allylic oxidation sites excluding steroid dienone is 2. The lowest BCUT2D eigenvalue weighted by molar-refractivity contribution is 0.633. The Morgan fingerprint density at radius 2 is 1.55 bits per heavy atom. The van der Waals surface area contributed by atoms with Crippen molar-refractivity contribution in [2.24, 2.45) is 4.99 Å². The predicted molar refractivity (Wildman–Crippen MR) is 125 cm³/mol. The van der Waals surface area contributed by atoms with E-state index in [0.29, 0.717) is 22.5 Å². The lowest BCUT2D eigenvalue weighted by Crippen LogP contribution is -2.16. The summed E-state index contributed by atoms with van der Waals surface area (Å²) in [4.78, 5) is 4.84. The highest BCUT2D eigenvalue weighted by molar-refractivity contribution is 6.43. The molecule has 1 aromatic heterocycles. The van der Waals surface area contributed by atoms with E-state index in [2.05, 4.69) is 0 Å². The molecule has 5 rings (SSSR count). The van der Waals surface area contributed by atoms with Gasteiger partial charge in [-0.05, 0) is 42.2 Å². The Kier molecular flexibility index (Phi) is 4.87. The fourth-order valence-electron chi connectivity index (χ4n) is 4.00. The van der Waals surface area contributed by atoms with Crippen LogP contribution in [0.5, 0.6) is 0 Å². The molecule has 4 aromatic rings. The molecule has 0 radical (unpaired) electrons. The number of aromatic nitrogens is 1. The van der Waals surface area contributed by atoms with Crippen LogP contribution in [-0.4, -0.2) is 17.6 Å². The highest BCUT2D eigenvalue weighted by atomic mass is 19.2. The summed E-state index contributed by atoms with van der Waals surface area (Å²) in [5, 5.41) is 0.775. The Hall–Kier alpha value is -3.73. The van der Waals surface area contributed by atoms with Crippen molar-refractivity contribution in [1.82, 2.24) is 4.48 Å². The van der Waals surface area contributed by atoms with Crippen LogP contribution >= 0.6 is 0 Å². The standard InChI is InChI=1S/C26H19BF2N2/c1-18-11-13-19(14-12-18)22-15-16-23(30-22)26(20-7-3-2-4-8-20)25-17-21-9-5-6-10-24(21)31(25)27(28)29/h2-17H,1H3/b26-23-. The first-order valence-corrected chi connectivity index (χ1v) is 10.1. The van der Waals surface area contributed by atoms with E-state index in [4.69, 9.17) is 4.99 Å². The van der Waals surface area contributed by atoms with Gasteiger partial charge in [0.05, 0.1) is 11.4 Å². The Morgan fingerprint density at radius 1 is 0.839 bits per heavy atom. The van der Waals surface area contributed by atoms with E-state index >= 15 is 0 Å². The summed E-state index contributed by atoms with van der Waals surface area (Å²) in [6.07, 6.45) is 3.85. The molecule has 0 saturated heterocycles. The van der Waals surface area contributed by atoms with Crippen molar-refractivity contribution in [2.45, 2.75) is 6.92 Å². The van der Waals surface area contributed by atoms with Gasteiger partial charge in [-0.15, -0.1) is 0 Å². The van der Waals surface area contributed by atoms with E-state index in [-0.39, 0.29) is 0 Å². The van der Waals surface area contributed by atoms with Gasteiger partial charge in [-0.25, -0.2) is 4.99 Å². The van der Waals surface area contributed by atoms with Crippen molar-refractivity contribution in [3.63, 3.8) is 0 Å². The molecule has 0 saturated carbocycles. The summed E-state index contributed by atoms with van der Waals surface area (Å²) < 4.78 is 29.5. The number of hydrogen-bond acceptors (Lipinski definition) is 1. The van der Waals surface area contributed by atoms with E-state index in [1.807, 2.05) is 91.9 Å². The minimum absolute atomic E-state index is 0.455. The molecule has 0 aliphatic carbocycles. The number of hydrogen-bond donors (Lipinski definition) is 0. The van der Waals surface area contributed by atoms with Gasteiger partial charge in [-0.1, -0.05) is 78.4 Å². The zero-order chi connectivity index (χ0) is 21.4. The molecule has 0 unspecified atom stereocenters. The molecule has 0 N–H and O–H groups in total. The number of aryl methyl sites for hydroxylation is 1. The minimum Gasteiger partial charge on any atom is -0.325 e. The normalized spacial score (nSPS) is 14.7. The van der Waals surface area contributed by atoms with Crippen LogP contribution in [0.2, 0.25) is 0 Å². The SMILES string of the molecule is Cc1ccc(C2=N/C(=C(/c3ccccc3)c3cc4ccccc4n3B(F)F)C=C2)cc1. The van der Waals surface area contributed by atoms with Crippen LogP contribution in [0.25, 0.3) is 16.5 Å². The highest BCUT2D eigenvalue weighted by Gasteiger charge is 2.27. The van der Waals surface area contributed by atoms with Gasteiger partial charge in [0.15, 0.2) is 0 Å². The molecule has 0 amide bonds. The molecular weight excluding hydrogens is 389 g/mol. The monoisotopic (exact) mass is 408 g/mol. The molecule has 0 bridgehead atoms. The molecule has 0 fully saturated rings. The highest BCUT2D eigenvalue weighted by Crippen LogP contribution is 2.35. The fourth-order valence-corrected chi connectivity index (χ4v) is 4.00. The summed E-state index contributed by atoms with van der Waals surface area (Å²) >= 11 is 0. The van der Waals surface area contributed by atoms with E-state index in [1.54, 1.807) is 12.1 Å². The molecule has 31 heavy (non-hydrogen) atoms. The van der Waals surface area contributed by atoms with Crippen molar-refractivity contribution < 1.29 is 8.63 Å². The van der Waals surface area contributed by atoms with Gasteiger partial charge in [-0.2, -0.15) is 0 Å². The molecule has 3 aromatic carbocycles. The number of nitrogens with zero attached hydrogens (tertiary/aromatic N) is 2. The van der Waals surface area contributed by atoms with Crippen LogP contribution in [0.15, 0.2) is 108 Å². The lowest BCUT2D eigenvalue weighted by Gasteiger charge is -2.13. The van der Waals surface area contributed by atoms with Gasteiger partial charge in [0, 0.05) is 22.3 Å². The first-order chi connectivity index (χ1) is 15.1. The second-order valence-corrected chi connectivity index (χ2v) is 7.56. The maximum absolute atomic E-state index is 14.2. The zero-order valence-electron chi connectivity index (χ0n) is 17.0. The Balaban J connectivity index is 1.76. The molecule has 0 spiro atoms. The quantitative estimate of drug-likeness (QED) is 0.341. The first kappa shape index (κ1) is 19.3. The first-order valence-electron chi connectivity index (χ1n) is 10.1. The molecular formula is C26H19BF2N2. The van der Waals surface area contributed by atoms with Crippen molar-refractivity contribution >= 4 is 29.6 Å². The molecule has 0 atom stereocenters. The van der Waals surface area contributed by atoms with Crippen LogP contribution in [0.3, 0.4) is 0 Å². The van der Waals surface area contributed by atoms with Gasteiger partial charge in [-0.3, -0.25) is 8.63 Å². The van der Waals surface area contributed by atoms with Gasteiger partial charge in [0.2, 0.25) is 0 Å². The van der Waals surface area contributed by atoms with E-state index in [1.165, 1.54) is 5.56 Å². The Morgan fingerprint density at radius 3 is 2.29 bits per heavy atom. The lowest BCUT2D eigenvalue weighted by atomic mass is 9.99. The summed E-state index contributed by atoms with van der Waals surface area (Å²) in [5.41, 5.74) is 6.17. The van der Waals surface area contributed by atoms with Crippen molar-refractivity contribution in [3.8, 4) is 0 Å². The van der Waals surface area contributed by atoms with E-state index in [0.717, 1.165) is 26.7 Å². The third-order valence-corrected chi connectivity index (χ3v) is 5.51. The number of halogens is 2. The summed E-state index contributed by atoms with van der Waals surface area (Å²) in [5.74, 6) is 0. The van der Waals surface area contributed by atoms with Gasteiger partial charge in [0.1, 0.15) is 0 Å².